The number of benzene rings is 1. The Morgan fingerprint density at radius 3 is 2.45 bits per heavy atom. The highest BCUT2D eigenvalue weighted by Gasteiger charge is 2.35. The van der Waals surface area contributed by atoms with Gasteiger partial charge in [0.2, 0.25) is 0 Å². The SMILES string of the molecule is C=C/C=C(\C(=C)Cl)c1cc(=O)c2c(OC)c(C)c(OC)c(C3CCN(C)CC3O)c2o1.CC. The lowest BCUT2D eigenvalue weighted by atomic mass is 9.84. The van der Waals surface area contributed by atoms with Crippen molar-refractivity contribution >= 4 is 28.1 Å². The van der Waals surface area contributed by atoms with Crippen LogP contribution in [-0.4, -0.2) is 50.5 Å². The first-order valence-corrected chi connectivity index (χ1v) is 11.4. The number of β-amino-alcohol motifs (C(OH)–C–C–N with tert-alkyl or cyclic N) is 1. The number of allylic oxidation sites excluding steroid dienone is 4. The van der Waals surface area contributed by atoms with E-state index in [-0.39, 0.29) is 22.1 Å². The highest BCUT2D eigenvalue weighted by Crippen LogP contribution is 2.46. The molecule has 0 saturated carbocycles. The third-order valence-corrected chi connectivity index (χ3v) is 5.96. The number of likely N-dealkylation sites (N-methyl/N-ethyl adjacent to an activating group) is 1. The Morgan fingerprint density at radius 1 is 1.30 bits per heavy atom. The second kappa shape index (κ2) is 11.5. The average Bonchev–Trinajstić information content (AvgIpc) is 2.78. The molecular weight excluding hydrogens is 442 g/mol. The minimum Gasteiger partial charge on any atom is -0.496 e. The first kappa shape index (κ1) is 26.7. The van der Waals surface area contributed by atoms with Gasteiger partial charge in [0.1, 0.15) is 28.2 Å². The van der Waals surface area contributed by atoms with Gasteiger partial charge in [-0.05, 0) is 26.9 Å². The Labute approximate surface area is 200 Å². The van der Waals surface area contributed by atoms with Crippen molar-refractivity contribution in [2.75, 3.05) is 34.4 Å². The predicted molar refractivity (Wildman–Crippen MR) is 136 cm³/mol. The molecule has 1 saturated heterocycles. The molecule has 1 aromatic heterocycles. The zero-order chi connectivity index (χ0) is 24.9. The smallest absolute Gasteiger partial charge is 0.197 e. The summed E-state index contributed by atoms with van der Waals surface area (Å²) in [6.45, 7) is 14.6. The second-order valence-electron chi connectivity index (χ2n) is 7.73. The molecule has 0 bridgehead atoms. The summed E-state index contributed by atoms with van der Waals surface area (Å²) < 4.78 is 17.6. The number of rotatable bonds is 6. The highest BCUT2D eigenvalue weighted by molar-refractivity contribution is 6.36. The van der Waals surface area contributed by atoms with E-state index in [1.165, 1.54) is 13.2 Å². The number of methoxy groups -OCH3 is 2. The van der Waals surface area contributed by atoms with E-state index in [0.717, 1.165) is 6.54 Å². The minimum atomic E-state index is -0.649. The fraction of sp³-hybridized carbons (Fsp3) is 0.423. The van der Waals surface area contributed by atoms with Gasteiger partial charge in [0.15, 0.2) is 5.43 Å². The van der Waals surface area contributed by atoms with Crippen molar-refractivity contribution in [1.29, 1.82) is 0 Å². The number of hydrogen-bond acceptors (Lipinski definition) is 6. The van der Waals surface area contributed by atoms with Gasteiger partial charge in [0, 0.05) is 40.3 Å². The zero-order valence-electron chi connectivity index (χ0n) is 20.3. The third-order valence-electron chi connectivity index (χ3n) is 5.75. The Morgan fingerprint density at radius 2 is 1.94 bits per heavy atom. The topological polar surface area (TPSA) is 72.1 Å². The summed E-state index contributed by atoms with van der Waals surface area (Å²) in [6.07, 6.45) is 3.21. The first-order chi connectivity index (χ1) is 15.7. The Hall–Kier alpha value is -2.54. The summed E-state index contributed by atoms with van der Waals surface area (Å²) >= 11 is 6.16. The number of aliphatic hydroxyl groups excluding tert-OH is 1. The van der Waals surface area contributed by atoms with Crippen molar-refractivity contribution in [2.45, 2.75) is 39.2 Å². The summed E-state index contributed by atoms with van der Waals surface area (Å²) in [5.74, 6) is 0.909. The van der Waals surface area contributed by atoms with Crippen LogP contribution in [0.5, 0.6) is 11.5 Å². The van der Waals surface area contributed by atoms with Crippen LogP contribution in [0.3, 0.4) is 0 Å². The Balaban J connectivity index is 0.00000187. The molecule has 0 amide bonds. The van der Waals surface area contributed by atoms with E-state index in [2.05, 4.69) is 18.1 Å². The van der Waals surface area contributed by atoms with Gasteiger partial charge in [-0.3, -0.25) is 4.79 Å². The molecule has 0 spiro atoms. The molecule has 1 aliphatic heterocycles. The van der Waals surface area contributed by atoms with Gasteiger partial charge in [-0.2, -0.15) is 0 Å². The molecule has 0 radical (unpaired) electrons. The maximum atomic E-state index is 13.3. The van der Waals surface area contributed by atoms with E-state index < -0.39 is 6.10 Å². The summed E-state index contributed by atoms with van der Waals surface area (Å²) in [7, 11) is 5.02. The molecule has 2 atom stereocenters. The van der Waals surface area contributed by atoms with Gasteiger partial charge in [-0.1, -0.05) is 50.8 Å². The Bertz CT molecular complexity index is 1120. The number of aliphatic hydroxyl groups is 1. The van der Waals surface area contributed by atoms with Crippen LogP contribution in [0.4, 0.5) is 0 Å². The number of likely N-dealkylation sites (tertiary alicyclic amines) is 1. The van der Waals surface area contributed by atoms with Crippen LogP contribution in [-0.2, 0) is 0 Å². The molecule has 180 valence electrons. The average molecular weight is 476 g/mol. The van der Waals surface area contributed by atoms with Crippen molar-refractivity contribution < 1.29 is 19.0 Å². The van der Waals surface area contributed by atoms with Crippen molar-refractivity contribution in [2.24, 2.45) is 0 Å². The summed E-state index contributed by atoms with van der Waals surface area (Å²) in [4.78, 5) is 15.3. The van der Waals surface area contributed by atoms with Crippen LogP contribution in [0.1, 0.15) is 43.1 Å². The van der Waals surface area contributed by atoms with E-state index in [0.29, 0.717) is 52.1 Å². The lowest BCUT2D eigenvalue weighted by molar-refractivity contribution is 0.0630. The number of piperidine rings is 1. The van der Waals surface area contributed by atoms with Crippen molar-refractivity contribution in [3.63, 3.8) is 0 Å². The van der Waals surface area contributed by atoms with Crippen LogP contribution in [0, 0.1) is 6.92 Å². The van der Waals surface area contributed by atoms with Gasteiger partial charge >= 0.3 is 0 Å². The first-order valence-electron chi connectivity index (χ1n) is 11.0. The molecule has 6 nitrogen and oxygen atoms in total. The van der Waals surface area contributed by atoms with E-state index in [9.17, 15) is 9.90 Å². The molecule has 3 rings (SSSR count). The van der Waals surface area contributed by atoms with E-state index >= 15 is 0 Å². The summed E-state index contributed by atoms with van der Waals surface area (Å²) in [5, 5.41) is 11.4. The number of ether oxygens (including phenoxy) is 2. The Kier molecular flexibility index (Phi) is 9.35. The lowest BCUT2D eigenvalue weighted by Crippen LogP contribution is -2.40. The number of fused-ring (bicyclic) bond motifs is 1. The van der Waals surface area contributed by atoms with Gasteiger partial charge in [0.05, 0.1) is 20.3 Å². The molecule has 2 heterocycles. The molecule has 7 heteroatoms. The van der Waals surface area contributed by atoms with Crippen molar-refractivity contribution in [1.82, 2.24) is 4.90 Å². The van der Waals surface area contributed by atoms with Crippen LogP contribution < -0.4 is 14.9 Å². The van der Waals surface area contributed by atoms with E-state index in [4.69, 9.17) is 25.5 Å². The number of halogens is 1. The maximum absolute atomic E-state index is 13.3. The molecule has 1 fully saturated rings. The van der Waals surface area contributed by atoms with Crippen LogP contribution in [0.15, 0.2) is 45.6 Å². The lowest BCUT2D eigenvalue weighted by Gasteiger charge is -2.35. The zero-order valence-corrected chi connectivity index (χ0v) is 21.1. The largest absolute Gasteiger partial charge is 0.496 e. The molecule has 1 aliphatic rings. The van der Waals surface area contributed by atoms with Gasteiger partial charge < -0.3 is 23.9 Å². The van der Waals surface area contributed by atoms with E-state index in [1.807, 2.05) is 27.8 Å². The molecule has 0 aliphatic carbocycles. The van der Waals surface area contributed by atoms with Crippen LogP contribution in [0.2, 0.25) is 0 Å². The quantitative estimate of drug-likeness (QED) is 0.575. The standard InChI is InChI=1S/C24H28ClNO5.C2H6/c1-7-8-15(14(3)25)19-11-17(27)21-23(30-6)13(2)22(29-5)20(24(21)31-19)16-9-10-26(4)12-18(16)28;1-2/h7-8,11,16,18,28H,1,3,9-10,12H2,2,4-6H3;1-2H3/b15-8+;. The monoisotopic (exact) mass is 475 g/mol. The predicted octanol–water partition coefficient (Wildman–Crippen LogP) is 5.25. The third kappa shape index (κ3) is 5.18. The fourth-order valence-corrected chi connectivity index (χ4v) is 4.49. The molecule has 33 heavy (non-hydrogen) atoms. The van der Waals surface area contributed by atoms with E-state index in [1.54, 1.807) is 19.3 Å². The summed E-state index contributed by atoms with van der Waals surface area (Å²) in [5.41, 5.74) is 1.83. The minimum absolute atomic E-state index is 0.217. The maximum Gasteiger partial charge on any atom is 0.197 e. The van der Waals surface area contributed by atoms with Gasteiger partial charge in [-0.25, -0.2) is 0 Å². The number of hydrogen-bond donors (Lipinski definition) is 1. The van der Waals surface area contributed by atoms with Crippen molar-refractivity contribution in [3.05, 3.63) is 63.5 Å². The van der Waals surface area contributed by atoms with Crippen LogP contribution in [0.25, 0.3) is 16.5 Å². The highest BCUT2D eigenvalue weighted by atomic mass is 35.5. The van der Waals surface area contributed by atoms with Gasteiger partial charge in [0.25, 0.3) is 0 Å². The van der Waals surface area contributed by atoms with Crippen molar-refractivity contribution in [3.8, 4) is 11.5 Å². The molecule has 2 unspecified atom stereocenters. The normalized spacial score (nSPS) is 19.0. The number of nitrogens with zero attached hydrogens (tertiary/aromatic N) is 1. The second-order valence-corrected chi connectivity index (χ2v) is 8.19. The molecule has 1 N–H and O–H groups in total. The molecule has 1 aromatic carbocycles. The van der Waals surface area contributed by atoms with Gasteiger partial charge in [-0.15, -0.1) is 0 Å². The molecular formula is C26H34ClNO5. The van der Waals surface area contributed by atoms with Crippen LogP contribution >= 0.6 is 11.6 Å². The summed E-state index contributed by atoms with van der Waals surface area (Å²) in [6, 6.07) is 1.37. The molecule has 2 aromatic rings. The fourth-order valence-electron chi connectivity index (χ4n) is 4.33.